The van der Waals surface area contributed by atoms with Crippen molar-refractivity contribution >= 4 is 15.5 Å². The molecule has 1 saturated heterocycles. The topological polar surface area (TPSA) is 89.3 Å². The molecule has 0 amide bonds. The summed E-state index contributed by atoms with van der Waals surface area (Å²) in [7, 11) is -3.38. The van der Waals surface area contributed by atoms with Gasteiger partial charge in [-0.15, -0.1) is 0 Å². The summed E-state index contributed by atoms with van der Waals surface area (Å²) in [4.78, 5) is 10.5. The molecule has 7 heteroatoms. The van der Waals surface area contributed by atoms with Gasteiger partial charge in [0.1, 0.15) is 11.3 Å². The first kappa shape index (κ1) is 13.8. The van der Waals surface area contributed by atoms with Crippen LogP contribution in [0.15, 0.2) is 24.3 Å². The van der Waals surface area contributed by atoms with Crippen LogP contribution < -0.4 is 5.32 Å². The molecule has 19 heavy (non-hydrogen) atoms. The third-order valence-corrected chi connectivity index (χ3v) is 5.27. The highest BCUT2D eigenvalue weighted by atomic mass is 32.2. The molecule has 1 aliphatic heterocycles. The van der Waals surface area contributed by atoms with Crippen molar-refractivity contribution in [3.05, 3.63) is 39.9 Å². The smallest absolute Gasteiger partial charge is 0.250 e. The maximum absolute atomic E-state index is 11.7. The predicted octanol–water partition coefficient (Wildman–Crippen LogP) is 1.24. The predicted molar refractivity (Wildman–Crippen MR) is 72.6 cm³/mol. The molecule has 2 atom stereocenters. The van der Waals surface area contributed by atoms with Gasteiger partial charge in [0.15, 0.2) is 9.84 Å². The Labute approximate surface area is 111 Å². The van der Waals surface area contributed by atoms with Gasteiger partial charge in [-0.2, -0.15) is 0 Å². The molecule has 0 unspecified atom stereocenters. The van der Waals surface area contributed by atoms with Crippen molar-refractivity contribution in [3.63, 3.8) is 0 Å². The normalized spacial score (nSPS) is 29.1. The Bertz CT molecular complexity index is 597. The van der Waals surface area contributed by atoms with Gasteiger partial charge in [0.25, 0.3) is 0 Å². The van der Waals surface area contributed by atoms with Crippen LogP contribution >= 0.6 is 0 Å². The van der Waals surface area contributed by atoms with Gasteiger partial charge in [-0.25, -0.2) is 8.42 Å². The largest absolute Gasteiger partial charge is 0.373 e. The van der Waals surface area contributed by atoms with Gasteiger partial charge in [0.2, 0.25) is 6.04 Å². The Morgan fingerprint density at radius 1 is 1.37 bits per heavy atom. The fraction of sp³-hybridized carbons (Fsp3) is 0.500. The molecule has 0 aliphatic carbocycles. The third kappa shape index (κ3) is 2.86. The molecule has 1 N–H and O–H groups in total. The number of anilines is 1. The van der Waals surface area contributed by atoms with Crippen LogP contribution in [0, 0.1) is 17.0 Å². The Kier molecular flexibility index (Phi) is 3.25. The van der Waals surface area contributed by atoms with E-state index < -0.39 is 32.1 Å². The number of hydrogen-bond acceptors (Lipinski definition) is 5. The van der Waals surface area contributed by atoms with E-state index in [-0.39, 0.29) is 5.75 Å². The van der Waals surface area contributed by atoms with Crippen molar-refractivity contribution in [1.82, 2.24) is 0 Å². The van der Waals surface area contributed by atoms with Crippen molar-refractivity contribution in [3.8, 4) is 0 Å². The molecular weight excluding hydrogens is 268 g/mol. The zero-order valence-electron chi connectivity index (χ0n) is 10.8. The van der Waals surface area contributed by atoms with Gasteiger partial charge in [-0.05, 0) is 26.0 Å². The molecule has 1 aliphatic rings. The van der Waals surface area contributed by atoms with Crippen LogP contribution in [-0.4, -0.2) is 36.4 Å². The Morgan fingerprint density at radius 3 is 2.47 bits per heavy atom. The van der Waals surface area contributed by atoms with E-state index in [4.69, 9.17) is 0 Å². The van der Waals surface area contributed by atoms with Crippen molar-refractivity contribution in [2.45, 2.75) is 25.4 Å². The zero-order valence-corrected chi connectivity index (χ0v) is 11.6. The number of rotatable bonds is 3. The van der Waals surface area contributed by atoms with Gasteiger partial charge in [0, 0.05) is 10.6 Å². The van der Waals surface area contributed by atoms with E-state index in [1.54, 1.807) is 19.1 Å². The molecule has 1 aromatic carbocycles. The molecule has 104 valence electrons. The summed E-state index contributed by atoms with van der Waals surface area (Å²) in [5, 5.41) is 14.1. The summed E-state index contributed by atoms with van der Waals surface area (Å²) in [6.45, 7) is 3.52. The minimum absolute atomic E-state index is 0.223. The van der Waals surface area contributed by atoms with Gasteiger partial charge in [-0.1, -0.05) is 17.7 Å². The molecule has 0 radical (unpaired) electrons. The van der Waals surface area contributed by atoms with E-state index in [2.05, 4.69) is 5.32 Å². The number of sulfone groups is 1. The average molecular weight is 284 g/mol. The minimum atomic E-state index is -3.38. The SMILES string of the molecule is Cc1ccc(N[C@]2(C)CS(=O)(=O)C[C@@H]2[N+](=O)[O-])cc1. The summed E-state index contributed by atoms with van der Waals surface area (Å²) in [6.07, 6.45) is 0. The second-order valence-corrected chi connectivity index (χ2v) is 7.37. The highest BCUT2D eigenvalue weighted by Gasteiger charge is 2.54. The molecule has 0 aromatic heterocycles. The average Bonchev–Trinajstić information content (AvgIpc) is 2.52. The summed E-state index contributed by atoms with van der Waals surface area (Å²) >= 11 is 0. The van der Waals surface area contributed by atoms with Gasteiger partial charge in [-0.3, -0.25) is 10.1 Å². The maximum Gasteiger partial charge on any atom is 0.250 e. The second-order valence-electron chi connectivity index (χ2n) is 5.26. The highest BCUT2D eigenvalue weighted by Crippen LogP contribution is 2.29. The summed E-state index contributed by atoms with van der Waals surface area (Å²) < 4.78 is 23.3. The number of nitro groups is 1. The number of nitrogens with one attached hydrogen (secondary N) is 1. The van der Waals surface area contributed by atoms with Crippen LogP contribution in [0.2, 0.25) is 0 Å². The van der Waals surface area contributed by atoms with Crippen LogP contribution in [0.3, 0.4) is 0 Å². The highest BCUT2D eigenvalue weighted by molar-refractivity contribution is 7.91. The van der Waals surface area contributed by atoms with Crippen molar-refractivity contribution < 1.29 is 13.3 Å². The number of aryl methyl sites for hydroxylation is 1. The molecule has 0 spiro atoms. The number of nitrogens with zero attached hydrogens (tertiary/aromatic N) is 1. The molecular formula is C12H16N2O4S. The van der Waals surface area contributed by atoms with Crippen molar-refractivity contribution in [2.24, 2.45) is 0 Å². The molecule has 0 saturated carbocycles. The van der Waals surface area contributed by atoms with Crippen LogP contribution in [0.25, 0.3) is 0 Å². The van der Waals surface area contributed by atoms with Crippen molar-refractivity contribution in [1.29, 1.82) is 0 Å². The summed E-state index contributed by atoms with van der Waals surface area (Å²) in [6, 6.07) is 6.20. The zero-order chi connectivity index (χ0) is 14.3. The maximum atomic E-state index is 11.7. The Balaban J connectivity index is 2.30. The van der Waals surface area contributed by atoms with Gasteiger partial charge < -0.3 is 5.32 Å². The van der Waals surface area contributed by atoms with Crippen molar-refractivity contribution in [2.75, 3.05) is 16.8 Å². The van der Waals surface area contributed by atoms with Gasteiger partial charge in [0.05, 0.1) is 5.75 Å². The fourth-order valence-electron chi connectivity index (χ4n) is 2.42. The minimum Gasteiger partial charge on any atom is -0.373 e. The first-order valence-electron chi connectivity index (χ1n) is 5.91. The Morgan fingerprint density at radius 2 is 1.95 bits per heavy atom. The lowest BCUT2D eigenvalue weighted by Crippen LogP contribution is -2.49. The number of benzene rings is 1. The summed E-state index contributed by atoms with van der Waals surface area (Å²) in [5.41, 5.74) is 0.690. The van der Waals surface area contributed by atoms with E-state index in [0.717, 1.165) is 5.56 Å². The third-order valence-electron chi connectivity index (χ3n) is 3.40. The van der Waals surface area contributed by atoms with Gasteiger partial charge >= 0.3 is 0 Å². The van der Waals surface area contributed by atoms with Crippen LogP contribution in [0.5, 0.6) is 0 Å². The second kappa shape index (κ2) is 4.48. The standard InChI is InChI=1S/C12H16N2O4S/c1-9-3-5-10(6-4-9)13-12(2)8-19(17,18)7-11(12)14(15)16/h3-6,11,13H,7-8H2,1-2H3/t11-,12+/m0/s1. The van der Waals surface area contributed by atoms with E-state index >= 15 is 0 Å². The molecule has 2 rings (SSSR count). The van der Waals surface area contributed by atoms with Crippen LogP contribution in [-0.2, 0) is 9.84 Å². The molecule has 1 aromatic rings. The lowest BCUT2D eigenvalue weighted by Gasteiger charge is -2.27. The first-order chi connectivity index (χ1) is 8.72. The molecule has 1 heterocycles. The van der Waals surface area contributed by atoms with E-state index in [0.29, 0.717) is 5.69 Å². The van der Waals surface area contributed by atoms with Crippen LogP contribution in [0.1, 0.15) is 12.5 Å². The molecule has 0 bridgehead atoms. The van der Waals surface area contributed by atoms with Crippen LogP contribution in [0.4, 0.5) is 5.69 Å². The fourth-order valence-corrected chi connectivity index (χ4v) is 4.68. The lowest BCUT2D eigenvalue weighted by atomic mass is 9.96. The number of hydrogen-bond donors (Lipinski definition) is 1. The quantitative estimate of drug-likeness (QED) is 0.666. The Hall–Kier alpha value is -1.63. The molecule has 6 nitrogen and oxygen atoms in total. The van der Waals surface area contributed by atoms with E-state index in [9.17, 15) is 18.5 Å². The van der Waals surface area contributed by atoms with E-state index in [1.807, 2.05) is 19.1 Å². The summed E-state index contributed by atoms with van der Waals surface area (Å²) in [5.74, 6) is -0.630. The van der Waals surface area contributed by atoms with E-state index in [1.165, 1.54) is 0 Å². The first-order valence-corrected chi connectivity index (χ1v) is 7.73. The lowest BCUT2D eigenvalue weighted by molar-refractivity contribution is -0.523. The molecule has 1 fully saturated rings. The monoisotopic (exact) mass is 284 g/mol.